The maximum absolute atomic E-state index is 5.87. The minimum absolute atomic E-state index is 0.317. The number of aromatic amines is 1. The Kier molecular flexibility index (Phi) is 4.91. The minimum Gasteiger partial charge on any atom is -0.382 e. The highest BCUT2D eigenvalue weighted by atomic mass is 16.5. The second kappa shape index (κ2) is 6.67. The molecule has 0 amide bonds. The van der Waals surface area contributed by atoms with Gasteiger partial charge in [0.1, 0.15) is 6.61 Å². The Hall–Kier alpha value is -1.18. The van der Waals surface area contributed by atoms with E-state index in [-0.39, 0.29) is 0 Å². The molecule has 1 saturated heterocycles. The van der Waals surface area contributed by atoms with Gasteiger partial charge in [-0.1, -0.05) is 0 Å². The van der Waals surface area contributed by atoms with Crippen LogP contribution in [0, 0.1) is 0 Å². The summed E-state index contributed by atoms with van der Waals surface area (Å²) in [5.41, 5.74) is 5.87. The number of piperidine rings is 1. The first-order valence-electron chi connectivity index (χ1n) is 6.28. The Morgan fingerprint density at radius 1 is 1.39 bits per heavy atom. The average Bonchev–Trinajstić information content (AvgIpc) is 2.84. The van der Waals surface area contributed by atoms with Crippen molar-refractivity contribution in [3.63, 3.8) is 0 Å². The summed E-state index contributed by atoms with van der Waals surface area (Å²) in [5, 5.41) is 7.09. The lowest BCUT2D eigenvalue weighted by Gasteiger charge is -2.28. The molecule has 0 atom stereocenters. The van der Waals surface area contributed by atoms with Crippen LogP contribution in [0.3, 0.4) is 0 Å². The molecule has 18 heavy (non-hydrogen) atoms. The first-order chi connectivity index (χ1) is 8.79. The molecule has 0 bridgehead atoms. The number of aromatic nitrogens is 3. The summed E-state index contributed by atoms with van der Waals surface area (Å²) in [6.45, 7) is 3.42. The Labute approximate surface area is 107 Å². The summed E-state index contributed by atoms with van der Waals surface area (Å²) in [4.78, 5) is 6.56. The van der Waals surface area contributed by atoms with E-state index in [9.17, 15) is 0 Å². The van der Waals surface area contributed by atoms with Crippen molar-refractivity contribution in [3.05, 3.63) is 5.82 Å². The van der Waals surface area contributed by atoms with E-state index in [2.05, 4.69) is 20.1 Å². The van der Waals surface area contributed by atoms with Gasteiger partial charge in [-0.15, -0.1) is 5.10 Å². The normalized spacial score (nSPS) is 17.3. The summed E-state index contributed by atoms with van der Waals surface area (Å²) >= 11 is 0. The second-order valence-corrected chi connectivity index (χ2v) is 4.45. The molecule has 2 rings (SSSR count). The van der Waals surface area contributed by atoms with Crippen LogP contribution in [0.1, 0.15) is 18.7 Å². The van der Waals surface area contributed by atoms with Crippen LogP contribution < -0.4 is 10.6 Å². The lowest BCUT2D eigenvalue weighted by atomic mass is 10.1. The van der Waals surface area contributed by atoms with Gasteiger partial charge in [0.25, 0.3) is 0 Å². The lowest BCUT2D eigenvalue weighted by molar-refractivity contribution is 0.0587. The van der Waals surface area contributed by atoms with Crippen molar-refractivity contribution in [1.29, 1.82) is 0 Å². The molecular formula is C11H21N5O2. The fourth-order valence-electron chi connectivity index (χ4n) is 1.90. The Bertz CT molecular complexity index is 349. The average molecular weight is 255 g/mol. The van der Waals surface area contributed by atoms with Crippen LogP contribution in [0.15, 0.2) is 0 Å². The van der Waals surface area contributed by atoms with Crippen molar-refractivity contribution in [2.24, 2.45) is 5.73 Å². The van der Waals surface area contributed by atoms with E-state index in [4.69, 9.17) is 15.2 Å². The van der Waals surface area contributed by atoms with Gasteiger partial charge in [-0.05, 0) is 12.8 Å². The zero-order valence-electron chi connectivity index (χ0n) is 10.8. The van der Waals surface area contributed by atoms with Crippen molar-refractivity contribution in [1.82, 2.24) is 15.2 Å². The van der Waals surface area contributed by atoms with Gasteiger partial charge in [0.05, 0.1) is 13.2 Å². The molecule has 0 spiro atoms. The molecule has 2 heterocycles. The molecule has 0 aromatic carbocycles. The smallest absolute Gasteiger partial charge is 0.244 e. The van der Waals surface area contributed by atoms with Crippen LogP contribution in [0.5, 0.6) is 0 Å². The van der Waals surface area contributed by atoms with Crippen molar-refractivity contribution in [3.8, 4) is 0 Å². The van der Waals surface area contributed by atoms with E-state index in [1.165, 1.54) is 0 Å². The van der Waals surface area contributed by atoms with Crippen LogP contribution in [0.25, 0.3) is 0 Å². The number of rotatable bonds is 6. The Balaban J connectivity index is 1.78. The van der Waals surface area contributed by atoms with Gasteiger partial charge in [-0.25, -0.2) is 0 Å². The highest BCUT2D eigenvalue weighted by Crippen LogP contribution is 2.14. The van der Waals surface area contributed by atoms with Crippen LogP contribution in [-0.2, 0) is 16.1 Å². The molecule has 0 saturated carbocycles. The third kappa shape index (κ3) is 3.66. The molecular weight excluding hydrogens is 234 g/mol. The first kappa shape index (κ1) is 13.3. The number of nitrogens with zero attached hydrogens (tertiary/aromatic N) is 3. The Morgan fingerprint density at radius 3 is 2.89 bits per heavy atom. The molecule has 102 valence electrons. The van der Waals surface area contributed by atoms with E-state index in [0.29, 0.717) is 25.9 Å². The number of anilines is 1. The SMILES string of the molecule is COCCOCc1nc(N2CCC(N)CC2)n[nH]1. The fraction of sp³-hybridized carbons (Fsp3) is 0.818. The summed E-state index contributed by atoms with van der Waals surface area (Å²) < 4.78 is 10.3. The predicted octanol–water partition coefficient (Wildman–Crippen LogP) is -0.105. The number of ether oxygens (including phenoxy) is 2. The molecule has 0 aliphatic carbocycles. The van der Waals surface area contributed by atoms with Gasteiger partial charge in [-0.3, -0.25) is 5.10 Å². The highest BCUT2D eigenvalue weighted by Gasteiger charge is 2.19. The fourth-order valence-corrected chi connectivity index (χ4v) is 1.90. The molecule has 1 aromatic rings. The summed E-state index contributed by atoms with van der Waals surface area (Å²) in [7, 11) is 1.65. The zero-order valence-corrected chi connectivity index (χ0v) is 10.8. The molecule has 1 aromatic heterocycles. The highest BCUT2D eigenvalue weighted by molar-refractivity contribution is 5.29. The second-order valence-electron chi connectivity index (χ2n) is 4.45. The summed E-state index contributed by atoms with van der Waals surface area (Å²) in [6.07, 6.45) is 1.99. The van der Waals surface area contributed by atoms with E-state index < -0.39 is 0 Å². The Morgan fingerprint density at radius 2 is 2.17 bits per heavy atom. The maximum atomic E-state index is 5.87. The summed E-state index contributed by atoms with van der Waals surface area (Å²) in [5.74, 6) is 1.49. The van der Waals surface area contributed by atoms with Crippen LogP contribution in [0.2, 0.25) is 0 Å². The van der Waals surface area contributed by atoms with E-state index in [0.717, 1.165) is 37.7 Å². The third-order valence-corrected chi connectivity index (χ3v) is 3.01. The van der Waals surface area contributed by atoms with Crippen molar-refractivity contribution < 1.29 is 9.47 Å². The predicted molar refractivity (Wildman–Crippen MR) is 67.3 cm³/mol. The number of nitrogens with one attached hydrogen (secondary N) is 1. The molecule has 7 nitrogen and oxygen atoms in total. The van der Waals surface area contributed by atoms with Gasteiger partial charge in [-0.2, -0.15) is 4.98 Å². The third-order valence-electron chi connectivity index (χ3n) is 3.01. The number of hydrogen-bond donors (Lipinski definition) is 2. The minimum atomic E-state index is 0.317. The van der Waals surface area contributed by atoms with E-state index >= 15 is 0 Å². The molecule has 0 unspecified atom stereocenters. The van der Waals surface area contributed by atoms with Crippen molar-refractivity contribution in [2.75, 3.05) is 38.3 Å². The molecule has 1 fully saturated rings. The monoisotopic (exact) mass is 255 g/mol. The summed E-state index contributed by atoms with van der Waals surface area (Å²) in [6, 6.07) is 0.317. The molecule has 0 radical (unpaired) electrons. The number of hydrogen-bond acceptors (Lipinski definition) is 6. The van der Waals surface area contributed by atoms with Crippen LogP contribution in [-0.4, -0.2) is 54.6 Å². The van der Waals surface area contributed by atoms with Crippen LogP contribution in [0.4, 0.5) is 5.95 Å². The van der Waals surface area contributed by atoms with Gasteiger partial charge < -0.3 is 20.1 Å². The largest absolute Gasteiger partial charge is 0.382 e. The van der Waals surface area contributed by atoms with E-state index in [1.54, 1.807) is 7.11 Å². The van der Waals surface area contributed by atoms with Crippen molar-refractivity contribution >= 4 is 5.95 Å². The lowest BCUT2D eigenvalue weighted by Crippen LogP contribution is -2.40. The van der Waals surface area contributed by atoms with Gasteiger partial charge in [0.15, 0.2) is 5.82 Å². The molecule has 7 heteroatoms. The van der Waals surface area contributed by atoms with Gasteiger partial charge >= 0.3 is 0 Å². The van der Waals surface area contributed by atoms with Gasteiger partial charge in [0, 0.05) is 26.2 Å². The molecule has 1 aliphatic heterocycles. The van der Waals surface area contributed by atoms with E-state index in [1.807, 2.05) is 0 Å². The van der Waals surface area contributed by atoms with Crippen LogP contribution >= 0.6 is 0 Å². The molecule has 1 aliphatic rings. The maximum Gasteiger partial charge on any atom is 0.244 e. The number of nitrogens with two attached hydrogens (primary N) is 1. The molecule has 3 N–H and O–H groups in total. The topological polar surface area (TPSA) is 89.3 Å². The standard InChI is InChI=1S/C11H21N5O2/c1-17-6-7-18-8-10-13-11(15-14-10)16-4-2-9(12)3-5-16/h9H,2-8,12H2,1H3,(H,13,14,15). The number of methoxy groups -OCH3 is 1. The van der Waals surface area contributed by atoms with Gasteiger partial charge in [0.2, 0.25) is 5.95 Å². The zero-order chi connectivity index (χ0) is 12.8. The first-order valence-corrected chi connectivity index (χ1v) is 6.28. The quantitative estimate of drug-likeness (QED) is 0.690. The number of H-pyrrole nitrogens is 1. The van der Waals surface area contributed by atoms with Crippen molar-refractivity contribution in [2.45, 2.75) is 25.5 Å².